The minimum absolute atomic E-state index is 0.00145. The smallest absolute Gasteiger partial charge is 0.200 e. The Balaban J connectivity index is 1.63. The topological polar surface area (TPSA) is 9.23 Å². The summed E-state index contributed by atoms with van der Waals surface area (Å²) in [6.45, 7) is 5.67. The van der Waals surface area contributed by atoms with Gasteiger partial charge in [0.2, 0.25) is 5.82 Å². The molecule has 0 N–H and O–H groups in total. The van der Waals surface area contributed by atoms with Gasteiger partial charge in [-0.1, -0.05) is 43.0 Å². The maximum atomic E-state index is 14.4. The van der Waals surface area contributed by atoms with E-state index in [2.05, 4.69) is 6.58 Å². The molecule has 1 fully saturated rings. The van der Waals surface area contributed by atoms with Gasteiger partial charge in [-0.15, -0.1) is 0 Å². The van der Waals surface area contributed by atoms with Gasteiger partial charge >= 0.3 is 0 Å². The highest BCUT2D eigenvalue weighted by molar-refractivity contribution is 5.55. The Morgan fingerprint density at radius 1 is 1.04 bits per heavy atom. The van der Waals surface area contributed by atoms with Crippen molar-refractivity contribution in [1.29, 1.82) is 0 Å². The minimum Gasteiger partial charge on any atom is -0.491 e. The number of benzene rings is 2. The van der Waals surface area contributed by atoms with Crippen LogP contribution in [0.25, 0.3) is 12.2 Å². The van der Waals surface area contributed by atoms with Crippen LogP contribution in [0.1, 0.15) is 55.2 Å². The molecule has 1 saturated carbocycles. The molecule has 0 aliphatic heterocycles. The molecule has 3 rings (SSSR count). The van der Waals surface area contributed by atoms with Gasteiger partial charge in [0, 0.05) is 5.56 Å². The Morgan fingerprint density at radius 2 is 1.79 bits per heavy atom. The standard InChI is InChI=1S/C24H25F3O/c1-3-16-5-11-19(21(25)15-16)12-8-17-6-9-18(10-7-17)20-13-14-22(28-4-2)24(27)23(20)26/h3,5,8,11-15,17-18H,1,4,6-7,9-10H2,2H3. The Kier molecular flexibility index (Phi) is 6.61. The number of rotatable bonds is 6. The highest BCUT2D eigenvalue weighted by atomic mass is 19.2. The van der Waals surface area contributed by atoms with Crippen LogP contribution in [0.15, 0.2) is 43.0 Å². The maximum Gasteiger partial charge on any atom is 0.200 e. The third-order valence-electron chi connectivity index (χ3n) is 5.40. The molecule has 4 heteroatoms. The number of halogens is 3. The van der Waals surface area contributed by atoms with E-state index >= 15 is 0 Å². The van der Waals surface area contributed by atoms with Crippen LogP contribution in [0.4, 0.5) is 13.2 Å². The first kappa shape index (κ1) is 20.2. The van der Waals surface area contributed by atoms with E-state index in [0.29, 0.717) is 23.7 Å². The lowest BCUT2D eigenvalue weighted by Gasteiger charge is -2.27. The van der Waals surface area contributed by atoms with Crippen molar-refractivity contribution in [3.8, 4) is 5.75 Å². The predicted octanol–water partition coefficient (Wildman–Crippen LogP) is 7.13. The highest BCUT2D eigenvalue weighted by Crippen LogP contribution is 2.39. The van der Waals surface area contributed by atoms with Crippen LogP contribution in [-0.4, -0.2) is 6.61 Å². The number of allylic oxidation sites excluding steroid dienone is 1. The van der Waals surface area contributed by atoms with Crippen molar-refractivity contribution in [3.05, 3.63) is 77.1 Å². The second-order valence-electron chi connectivity index (χ2n) is 7.17. The number of ether oxygens (including phenoxy) is 1. The minimum atomic E-state index is -0.903. The summed E-state index contributed by atoms with van der Waals surface area (Å²) in [4.78, 5) is 0. The molecule has 0 heterocycles. The van der Waals surface area contributed by atoms with Crippen molar-refractivity contribution < 1.29 is 17.9 Å². The van der Waals surface area contributed by atoms with Gasteiger partial charge in [-0.05, 0) is 67.7 Å². The van der Waals surface area contributed by atoms with E-state index < -0.39 is 11.6 Å². The van der Waals surface area contributed by atoms with E-state index in [-0.39, 0.29) is 17.5 Å². The molecule has 1 aliphatic carbocycles. The lowest BCUT2D eigenvalue weighted by atomic mass is 9.78. The molecule has 148 valence electrons. The Hall–Kier alpha value is -2.49. The number of hydrogen-bond donors (Lipinski definition) is 0. The fourth-order valence-corrected chi connectivity index (χ4v) is 3.80. The molecule has 0 spiro atoms. The molecule has 0 bridgehead atoms. The second-order valence-corrected chi connectivity index (χ2v) is 7.17. The fraction of sp³-hybridized carbons (Fsp3) is 0.333. The van der Waals surface area contributed by atoms with Gasteiger partial charge in [-0.2, -0.15) is 4.39 Å². The fourth-order valence-electron chi connectivity index (χ4n) is 3.80. The zero-order chi connectivity index (χ0) is 20.1. The lowest BCUT2D eigenvalue weighted by Crippen LogP contribution is -2.14. The molecule has 0 radical (unpaired) electrons. The van der Waals surface area contributed by atoms with Gasteiger partial charge in [0.05, 0.1) is 6.61 Å². The van der Waals surface area contributed by atoms with Crippen LogP contribution in [0.3, 0.4) is 0 Å². The van der Waals surface area contributed by atoms with Gasteiger partial charge in [-0.3, -0.25) is 0 Å². The van der Waals surface area contributed by atoms with Gasteiger partial charge in [-0.25, -0.2) is 8.78 Å². The summed E-state index contributed by atoms with van der Waals surface area (Å²) in [6.07, 6.45) is 8.72. The molecule has 1 aliphatic rings. The van der Waals surface area contributed by atoms with Crippen LogP contribution in [0, 0.1) is 23.4 Å². The van der Waals surface area contributed by atoms with E-state index in [1.807, 2.05) is 18.2 Å². The first-order chi connectivity index (χ1) is 13.5. The molecular weight excluding hydrogens is 361 g/mol. The van der Waals surface area contributed by atoms with Gasteiger partial charge in [0.25, 0.3) is 0 Å². The third-order valence-corrected chi connectivity index (χ3v) is 5.40. The average molecular weight is 386 g/mol. The van der Waals surface area contributed by atoms with Crippen molar-refractivity contribution in [1.82, 2.24) is 0 Å². The zero-order valence-electron chi connectivity index (χ0n) is 16.1. The molecule has 2 aromatic carbocycles. The first-order valence-electron chi connectivity index (χ1n) is 9.74. The third kappa shape index (κ3) is 4.49. The molecule has 1 nitrogen and oxygen atoms in total. The summed E-state index contributed by atoms with van der Waals surface area (Å²) < 4.78 is 47.7. The van der Waals surface area contributed by atoms with Crippen LogP contribution >= 0.6 is 0 Å². The quantitative estimate of drug-likeness (QED) is 0.513. The average Bonchev–Trinajstić information content (AvgIpc) is 2.71. The van der Waals surface area contributed by atoms with Crippen molar-refractivity contribution >= 4 is 12.2 Å². The van der Waals surface area contributed by atoms with E-state index in [1.54, 1.807) is 25.1 Å². The van der Waals surface area contributed by atoms with Gasteiger partial charge in [0.1, 0.15) is 5.82 Å². The molecule has 0 unspecified atom stereocenters. The molecule has 0 atom stereocenters. The SMILES string of the molecule is C=Cc1ccc(C=CC2CCC(c3ccc(OCC)c(F)c3F)CC2)c(F)c1. The molecular formula is C24H25F3O. The zero-order valence-corrected chi connectivity index (χ0v) is 16.1. The summed E-state index contributed by atoms with van der Waals surface area (Å²) in [5.41, 5.74) is 1.72. The molecule has 0 aromatic heterocycles. The summed E-state index contributed by atoms with van der Waals surface area (Å²) in [6, 6.07) is 8.19. The van der Waals surface area contributed by atoms with E-state index in [9.17, 15) is 13.2 Å². The van der Waals surface area contributed by atoms with Crippen LogP contribution in [0.5, 0.6) is 5.75 Å². The molecule has 2 aromatic rings. The summed E-state index contributed by atoms with van der Waals surface area (Å²) >= 11 is 0. The normalized spacial score (nSPS) is 19.7. The van der Waals surface area contributed by atoms with Crippen molar-refractivity contribution in [2.75, 3.05) is 6.61 Å². The maximum absolute atomic E-state index is 14.4. The molecule has 0 amide bonds. The highest BCUT2D eigenvalue weighted by Gasteiger charge is 2.25. The Bertz CT molecular complexity index is 864. The molecule has 0 saturated heterocycles. The first-order valence-corrected chi connectivity index (χ1v) is 9.74. The monoisotopic (exact) mass is 386 g/mol. The largest absolute Gasteiger partial charge is 0.491 e. The Morgan fingerprint density at radius 3 is 2.43 bits per heavy atom. The number of hydrogen-bond acceptors (Lipinski definition) is 1. The van der Waals surface area contributed by atoms with Crippen molar-refractivity contribution in [2.24, 2.45) is 5.92 Å². The van der Waals surface area contributed by atoms with Crippen LogP contribution in [0.2, 0.25) is 0 Å². The van der Waals surface area contributed by atoms with Crippen molar-refractivity contribution in [2.45, 2.75) is 38.5 Å². The van der Waals surface area contributed by atoms with Gasteiger partial charge in [0.15, 0.2) is 11.6 Å². The summed E-state index contributed by atoms with van der Waals surface area (Å²) in [5, 5.41) is 0. The Labute approximate surface area is 164 Å². The summed E-state index contributed by atoms with van der Waals surface area (Å²) in [5.74, 6) is -1.70. The van der Waals surface area contributed by atoms with Crippen molar-refractivity contribution in [3.63, 3.8) is 0 Å². The second kappa shape index (κ2) is 9.13. The van der Waals surface area contributed by atoms with E-state index in [4.69, 9.17) is 4.74 Å². The molecule has 28 heavy (non-hydrogen) atoms. The lowest BCUT2D eigenvalue weighted by molar-refractivity contribution is 0.310. The van der Waals surface area contributed by atoms with Crippen LogP contribution < -0.4 is 4.74 Å². The van der Waals surface area contributed by atoms with Crippen LogP contribution in [-0.2, 0) is 0 Å². The summed E-state index contributed by atoms with van der Waals surface area (Å²) in [7, 11) is 0. The van der Waals surface area contributed by atoms with E-state index in [1.165, 1.54) is 12.1 Å². The van der Waals surface area contributed by atoms with Gasteiger partial charge < -0.3 is 4.74 Å². The van der Waals surface area contributed by atoms with E-state index in [0.717, 1.165) is 31.2 Å². The predicted molar refractivity (Wildman–Crippen MR) is 108 cm³/mol.